The van der Waals surface area contributed by atoms with Crippen LogP contribution in [0.5, 0.6) is 5.88 Å². The highest BCUT2D eigenvalue weighted by molar-refractivity contribution is 5.64. The molecule has 1 saturated heterocycles. The van der Waals surface area contributed by atoms with E-state index in [4.69, 9.17) is 19.7 Å². The monoisotopic (exact) mass is 436 g/mol. The number of piperidine rings is 1. The van der Waals surface area contributed by atoms with E-state index in [0.29, 0.717) is 31.1 Å². The number of rotatable bonds is 5. The van der Waals surface area contributed by atoms with Crippen molar-refractivity contribution in [1.29, 1.82) is 0 Å². The summed E-state index contributed by atoms with van der Waals surface area (Å²) in [6.07, 6.45) is 10.1. The summed E-state index contributed by atoms with van der Waals surface area (Å²) in [4.78, 5) is 6.79. The molecule has 0 aliphatic carbocycles. The Hall–Kier alpha value is -2.71. The molecular formula is C24H32N6O2. The van der Waals surface area contributed by atoms with Crippen molar-refractivity contribution in [3.05, 3.63) is 42.0 Å². The topological polar surface area (TPSA) is 70.2 Å². The van der Waals surface area contributed by atoms with Crippen molar-refractivity contribution >= 4 is 0 Å². The molecule has 1 atom stereocenters. The van der Waals surface area contributed by atoms with Crippen LogP contribution in [0.3, 0.4) is 0 Å². The van der Waals surface area contributed by atoms with E-state index >= 15 is 0 Å². The maximum Gasteiger partial charge on any atom is 0.213 e. The van der Waals surface area contributed by atoms with Crippen molar-refractivity contribution in [3.63, 3.8) is 0 Å². The van der Waals surface area contributed by atoms with E-state index in [9.17, 15) is 0 Å². The van der Waals surface area contributed by atoms with E-state index in [-0.39, 0.29) is 0 Å². The molecule has 8 nitrogen and oxygen atoms in total. The number of fused-ring (bicyclic) bond motifs is 1. The van der Waals surface area contributed by atoms with Crippen molar-refractivity contribution < 1.29 is 9.47 Å². The highest BCUT2D eigenvalue weighted by Gasteiger charge is 2.26. The van der Waals surface area contributed by atoms with Crippen LogP contribution in [-0.4, -0.2) is 69.9 Å². The van der Waals surface area contributed by atoms with Crippen molar-refractivity contribution in [3.8, 4) is 22.8 Å². The fourth-order valence-electron chi connectivity index (χ4n) is 4.92. The SMILES string of the molecule is COc1ccc(-n2nc(-c3cnn([C@H](C)C4CCN(C)CC4)c3)c3c2CCOCC3)cn1. The Morgan fingerprint density at radius 2 is 1.94 bits per heavy atom. The Bertz CT molecular complexity index is 1050. The molecule has 0 unspecified atom stereocenters. The number of methoxy groups -OCH3 is 1. The third-order valence-corrected chi connectivity index (χ3v) is 6.98. The Morgan fingerprint density at radius 1 is 1.12 bits per heavy atom. The number of hydrogen-bond donors (Lipinski definition) is 0. The second kappa shape index (κ2) is 9.03. The Labute approximate surface area is 189 Å². The summed E-state index contributed by atoms with van der Waals surface area (Å²) in [7, 11) is 3.83. The summed E-state index contributed by atoms with van der Waals surface area (Å²) in [5.74, 6) is 1.26. The van der Waals surface area contributed by atoms with Gasteiger partial charge in [0.25, 0.3) is 0 Å². The van der Waals surface area contributed by atoms with Crippen molar-refractivity contribution in [1.82, 2.24) is 29.4 Å². The van der Waals surface area contributed by atoms with Gasteiger partial charge in [-0.15, -0.1) is 0 Å². The van der Waals surface area contributed by atoms with Crippen LogP contribution in [-0.2, 0) is 17.6 Å². The van der Waals surface area contributed by atoms with Crippen molar-refractivity contribution in [2.24, 2.45) is 5.92 Å². The number of aromatic nitrogens is 5. The van der Waals surface area contributed by atoms with Crippen molar-refractivity contribution in [2.75, 3.05) is 40.5 Å². The zero-order valence-electron chi connectivity index (χ0n) is 19.2. The second-order valence-electron chi connectivity index (χ2n) is 8.95. The molecule has 32 heavy (non-hydrogen) atoms. The average molecular weight is 437 g/mol. The Balaban J connectivity index is 1.48. The minimum Gasteiger partial charge on any atom is -0.481 e. The van der Waals surface area contributed by atoms with Gasteiger partial charge in [-0.3, -0.25) is 4.68 Å². The van der Waals surface area contributed by atoms with Gasteiger partial charge in [-0.05, 0) is 58.3 Å². The van der Waals surface area contributed by atoms with Gasteiger partial charge in [0, 0.05) is 29.8 Å². The van der Waals surface area contributed by atoms with Crippen LogP contribution in [0.4, 0.5) is 0 Å². The fourth-order valence-corrected chi connectivity index (χ4v) is 4.92. The van der Waals surface area contributed by atoms with E-state index in [1.54, 1.807) is 7.11 Å². The molecule has 1 fully saturated rings. The van der Waals surface area contributed by atoms with Gasteiger partial charge in [-0.1, -0.05) is 0 Å². The molecule has 3 aromatic heterocycles. The van der Waals surface area contributed by atoms with E-state index in [0.717, 1.165) is 42.9 Å². The second-order valence-corrected chi connectivity index (χ2v) is 8.95. The van der Waals surface area contributed by atoms with Crippen LogP contribution in [0.25, 0.3) is 16.9 Å². The molecule has 0 spiro atoms. The van der Waals surface area contributed by atoms with Gasteiger partial charge in [0.05, 0.1) is 55.8 Å². The quantitative estimate of drug-likeness (QED) is 0.612. The van der Waals surface area contributed by atoms with Gasteiger partial charge < -0.3 is 14.4 Å². The van der Waals surface area contributed by atoms with Gasteiger partial charge in [0.15, 0.2) is 0 Å². The Kier molecular flexibility index (Phi) is 5.97. The normalized spacial score (nSPS) is 18.8. The summed E-state index contributed by atoms with van der Waals surface area (Å²) >= 11 is 0. The molecule has 170 valence electrons. The minimum absolute atomic E-state index is 0.382. The molecule has 0 radical (unpaired) electrons. The number of ether oxygens (including phenoxy) is 2. The molecule has 5 rings (SSSR count). The Morgan fingerprint density at radius 3 is 2.69 bits per heavy atom. The molecule has 2 aliphatic heterocycles. The molecule has 0 N–H and O–H groups in total. The molecule has 0 saturated carbocycles. The number of likely N-dealkylation sites (tertiary alicyclic amines) is 1. The fraction of sp³-hybridized carbons (Fsp3) is 0.542. The zero-order chi connectivity index (χ0) is 22.1. The number of hydrogen-bond acceptors (Lipinski definition) is 6. The first-order chi connectivity index (χ1) is 15.6. The van der Waals surface area contributed by atoms with Gasteiger partial charge >= 0.3 is 0 Å². The first-order valence-corrected chi connectivity index (χ1v) is 11.6. The minimum atomic E-state index is 0.382. The van der Waals surface area contributed by atoms with Crippen LogP contribution in [0, 0.1) is 5.92 Å². The number of nitrogens with zero attached hydrogens (tertiary/aromatic N) is 6. The maximum absolute atomic E-state index is 5.78. The molecule has 0 aromatic carbocycles. The zero-order valence-corrected chi connectivity index (χ0v) is 19.2. The highest BCUT2D eigenvalue weighted by atomic mass is 16.5. The molecule has 0 amide bonds. The van der Waals surface area contributed by atoms with E-state index in [2.05, 4.69) is 34.7 Å². The van der Waals surface area contributed by atoms with Crippen LogP contribution in [0.15, 0.2) is 30.7 Å². The van der Waals surface area contributed by atoms with E-state index in [1.165, 1.54) is 24.1 Å². The summed E-state index contributed by atoms with van der Waals surface area (Å²) in [5.41, 5.74) is 5.46. The van der Waals surface area contributed by atoms with E-state index < -0.39 is 0 Å². The standard InChI is InChI=1S/C24H32N6O2/c1-17(18-6-10-28(2)11-7-18)29-16-19(14-26-29)24-21-8-12-32-13-9-22(21)30(27-24)20-4-5-23(31-3)25-15-20/h4-5,14-18H,6-13H2,1-3H3/t17-/m1/s1. The maximum atomic E-state index is 5.78. The molecule has 0 bridgehead atoms. The summed E-state index contributed by atoms with van der Waals surface area (Å²) in [5, 5.41) is 9.80. The first-order valence-electron chi connectivity index (χ1n) is 11.6. The lowest BCUT2D eigenvalue weighted by atomic mass is 9.90. The van der Waals surface area contributed by atoms with Crippen LogP contribution in [0.1, 0.15) is 37.1 Å². The number of pyridine rings is 1. The van der Waals surface area contributed by atoms with Gasteiger partial charge in [0.2, 0.25) is 5.88 Å². The lowest BCUT2D eigenvalue weighted by Crippen LogP contribution is -2.33. The third kappa shape index (κ3) is 4.04. The molecule has 8 heteroatoms. The predicted octanol–water partition coefficient (Wildman–Crippen LogP) is 3.16. The van der Waals surface area contributed by atoms with Crippen LogP contribution < -0.4 is 4.74 Å². The van der Waals surface area contributed by atoms with Gasteiger partial charge in [-0.25, -0.2) is 9.67 Å². The van der Waals surface area contributed by atoms with E-state index in [1.807, 2.05) is 29.2 Å². The summed E-state index contributed by atoms with van der Waals surface area (Å²) < 4.78 is 15.2. The van der Waals surface area contributed by atoms with Crippen LogP contribution >= 0.6 is 0 Å². The molecular weight excluding hydrogens is 404 g/mol. The van der Waals surface area contributed by atoms with Gasteiger partial charge in [0.1, 0.15) is 0 Å². The average Bonchev–Trinajstić information content (AvgIpc) is 3.37. The van der Waals surface area contributed by atoms with Crippen molar-refractivity contribution in [2.45, 2.75) is 38.6 Å². The first kappa shape index (κ1) is 21.2. The lowest BCUT2D eigenvalue weighted by molar-refractivity contribution is 0.145. The summed E-state index contributed by atoms with van der Waals surface area (Å²) in [6.45, 7) is 6.04. The third-order valence-electron chi connectivity index (χ3n) is 6.98. The predicted molar refractivity (Wildman–Crippen MR) is 122 cm³/mol. The lowest BCUT2D eigenvalue weighted by Gasteiger charge is -2.32. The largest absolute Gasteiger partial charge is 0.481 e. The molecule has 3 aromatic rings. The van der Waals surface area contributed by atoms with Gasteiger partial charge in [-0.2, -0.15) is 10.2 Å². The highest BCUT2D eigenvalue weighted by Crippen LogP contribution is 2.32. The smallest absolute Gasteiger partial charge is 0.213 e. The molecule has 5 heterocycles. The summed E-state index contributed by atoms with van der Waals surface area (Å²) in [6, 6.07) is 4.25. The molecule has 2 aliphatic rings. The van der Waals surface area contributed by atoms with Crippen LogP contribution in [0.2, 0.25) is 0 Å².